The third-order valence-electron chi connectivity index (χ3n) is 1.94. The standard InChI is InChI=1S/C10H6FNS2/c11-6-1-2-7-9(5-6)14-8(3-4-12)10(7)13/h1-2,5,13H,3H2. The Hall–Kier alpha value is -1.05. The lowest BCUT2D eigenvalue weighted by Crippen LogP contribution is -1.74. The molecular weight excluding hydrogens is 217 g/mol. The van der Waals surface area contributed by atoms with Crippen molar-refractivity contribution >= 4 is 34.1 Å². The molecule has 0 fully saturated rings. The first-order chi connectivity index (χ1) is 6.72. The van der Waals surface area contributed by atoms with Gasteiger partial charge in [-0.05, 0) is 18.2 Å². The summed E-state index contributed by atoms with van der Waals surface area (Å²) in [5.41, 5.74) is 0. The minimum atomic E-state index is -0.254. The van der Waals surface area contributed by atoms with Crippen molar-refractivity contribution < 1.29 is 4.39 Å². The molecule has 1 heterocycles. The molecule has 0 aliphatic rings. The molecule has 1 aromatic carbocycles. The maximum Gasteiger partial charge on any atom is 0.124 e. The van der Waals surface area contributed by atoms with E-state index in [0.717, 1.165) is 19.9 Å². The topological polar surface area (TPSA) is 23.8 Å². The average molecular weight is 223 g/mol. The third-order valence-corrected chi connectivity index (χ3v) is 3.75. The summed E-state index contributed by atoms with van der Waals surface area (Å²) in [6.07, 6.45) is 0.333. The summed E-state index contributed by atoms with van der Waals surface area (Å²) in [4.78, 5) is 1.70. The van der Waals surface area contributed by atoms with Gasteiger partial charge in [0.05, 0.1) is 12.5 Å². The molecule has 0 spiro atoms. The van der Waals surface area contributed by atoms with Crippen molar-refractivity contribution in [2.45, 2.75) is 11.3 Å². The van der Waals surface area contributed by atoms with E-state index in [1.165, 1.54) is 23.5 Å². The number of hydrogen-bond acceptors (Lipinski definition) is 3. The van der Waals surface area contributed by atoms with Crippen LogP contribution in [0.4, 0.5) is 4.39 Å². The van der Waals surface area contributed by atoms with Gasteiger partial charge in [-0.3, -0.25) is 0 Å². The van der Waals surface area contributed by atoms with Gasteiger partial charge in [0.15, 0.2) is 0 Å². The van der Waals surface area contributed by atoms with E-state index >= 15 is 0 Å². The van der Waals surface area contributed by atoms with Gasteiger partial charge in [0, 0.05) is 19.9 Å². The van der Waals surface area contributed by atoms with E-state index in [0.29, 0.717) is 6.42 Å². The van der Waals surface area contributed by atoms with E-state index in [2.05, 4.69) is 18.7 Å². The molecular formula is C10H6FNS2. The molecule has 70 valence electrons. The molecule has 0 N–H and O–H groups in total. The summed E-state index contributed by atoms with van der Waals surface area (Å²) in [6, 6.07) is 6.65. The van der Waals surface area contributed by atoms with Crippen molar-refractivity contribution in [3.63, 3.8) is 0 Å². The fraction of sp³-hybridized carbons (Fsp3) is 0.100. The largest absolute Gasteiger partial charge is 0.207 e. The highest BCUT2D eigenvalue weighted by atomic mass is 32.1. The zero-order chi connectivity index (χ0) is 10.1. The average Bonchev–Trinajstić information content (AvgIpc) is 2.44. The molecule has 0 radical (unpaired) electrons. The Balaban J connectivity index is 2.68. The van der Waals surface area contributed by atoms with Crippen molar-refractivity contribution in [1.82, 2.24) is 0 Å². The van der Waals surface area contributed by atoms with Crippen molar-refractivity contribution in [1.29, 1.82) is 5.26 Å². The quantitative estimate of drug-likeness (QED) is 0.736. The molecule has 1 aromatic heterocycles. The lowest BCUT2D eigenvalue weighted by Gasteiger charge is -1.90. The SMILES string of the molecule is N#CCc1sc2cc(F)ccc2c1S. The van der Waals surface area contributed by atoms with E-state index in [1.807, 2.05) is 0 Å². The highest BCUT2D eigenvalue weighted by Gasteiger charge is 2.08. The number of halogens is 1. The molecule has 1 nitrogen and oxygen atoms in total. The van der Waals surface area contributed by atoms with Crippen LogP contribution < -0.4 is 0 Å². The van der Waals surface area contributed by atoms with Gasteiger partial charge >= 0.3 is 0 Å². The van der Waals surface area contributed by atoms with Crippen LogP contribution in [0.15, 0.2) is 23.1 Å². The normalized spacial score (nSPS) is 10.4. The van der Waals surface area contributed by atoms with E-state index in [4.69, 9.17) is 5.26 Å². The van der Waals surface area contributed by atoms with Crippen LogP contribution in [0.3, 0.4) is 0 Å². The van der Waals surface area contributed by atoms with Crippen molar-refractivity contribution in [3.05, 3.63) is 28.9 Å². The van der Waals surface area contributed by atoms with E-state index in [1.54, 1.807) is 6.07 Å². The number of thiol groups is 1. The van der Waals surface area contributed by atoms with Crippen LogP contribution in [0, 0.1) is 17.1 Å². The molecule has 0 unspecified atom stereocenters. The number of nitriles is 1. The Kier molecular flexibility index (Phi) is 2.44. The second-order valence-corrected chi connectivity index (χ2v) is 4.43. The van der Waals surface area contributed by atoms with E-state index in [-0.39, 0.29) is 5.82 Å². The third kappa shape index (κ3) is 1.49. The van der Waals surface area contributed by atoms with Crippen molar-refractivity contribution in [2.24, 2.45) is 0 Å². The first kappa shape index (κ1) is 9.50. The van der Waals surface area contributed by atoms with Crippen LogP contribution in [-0.4, -0.2) is 0 Å². The number of hydrogen-bond donors (Lipinski definition) is 1. The number of nitrogens with zero attached hydrogens (tertiary/aromatic N) is 1. The van der Waals surface area contributed by atoms with Gasteiger partial charge in [0.25, 0.3) is 0 Å². The maximum atomic E-state index is 12.9. The molecule has 14 heavy (non-hydrogen) atoms. The Morgan fingerprint density at radius 2 is 2.29 bits per heavy atom. The fourth-order valence-corrected chi connectivity index (χ4v) is 2.85. The lowest BCUT2D eigenvalue weighted by molar-refractivity contribution is 0.630. The van der Waals surface area contributed by atoms with Crippen molar-refractivity contribution in [2.75, 3.05) is 0 Å². The van der Waals surface area contributed by atoms with E-state index < -0.39 is 0 Å². The van der Waals surface area contributed by atoms with Gasteiger partial charge in [-0.2, -0.15) is 5.26 Å². The number of thiophene rings is 1. The number of fused-ring (bicyclic) bond motifs is 1. The summed E-state index contributed by atoms with van der Waals surface area (Å²) in [5, 5.41) is 9.49. The molecule has 0 bridgehead atoms. The van der Waals surface area contributed by atoms with Gasteiger partial charge in [-0.25, -0.2) is 4.39 Å². The molecule has 2 aromatic rings. The molecule has 0 saturated heterocycles. The zero-order valence-electron chi connectivity index (χ0n) is 7.12. The molecule has 0 saturated carbocycles. The molecule has 0 aliphatic carbocycles. The van der Waals surface area contributed by atoms with Gasteiger partial charge in [-0.1, -0.05) is 0 Å². The zero-order valence-corrected chi connectivity index (χ0v) is 8.83. The summed E-state index contributed by atoms with van der Waals surface area (Å²) in [6.45, 7) is 0. The van der Waals surface area contributed by atoms with Gasteiger partial charge < -0.3 is 0 Å². The minimum absolute atomic E-state index is 0.254. The fourth-order valence-electron chi connectivity index (χ4n) is 1.30. The van der Waals surface area contributed by atoms with Crippen LogP contribution >= 0.6 is 24.0 Å². The van der Waals surface area contributed by atoms with Crippen LogP contribution in [-0.2, 0) is 6.42 Å². The second kappa shape index (κ2) is 3.60. The van der Waals surface area contributed by atoms with E-state index in [9.17, 15) is 4.39 Å². The Bertz CT molecular complexity index is 525. The first-order valence-electron chi connectivity index (χ1n) is 3.99. The first-order valence-corrected chi connectivity index (χ1v) is 5.25. The smallest absolute Gasteiger partial charge is 0.124 e. The second-order valence-electron chi connectivity index (χ2n) is 2.85. The highest BCUT2D eigenvalue weighted by Crippen LogP contribution is 2.34. The molecule has 2 rings (SSSR count). The van der Waals surface area contributed by atoms with Crippen molar-refractivity contribution in [3.8, 4) is 6.07 Å². The minimum Gasteiger partial charge on any atom is -0.207 e. The summed E-state index contributed by atoms with van der Waals surface area (Å²) in [7, 11) is 0. The summed E-state index contributed by atoms with van der Waals surface area (Å²) >= 11 is 5.74. The van der Waals surface area contributed by atoms with Crippen LogP contribution in [0.2, 0.25) is 0 Å². The monoisotopic (exact) mass is 223 g/mol. The number of benzene rings is 1. The molecule has 0 amide bonds. The van der Waals surface area contributed by atoms with Gasteiger partial charge in [0.1, 0.15) is 5.82 Å². The van der Waals surface area contributed by atoms with Crippen LogP contribution in [0.1, 0.15) is 4.88 Å². The van der Waals surface area contributed by atoms with Crippen LogP contribution in [0.25, 0.3) is 10.1 Å². The summed E-state index contributed by atoms with van der Waals surface area (Å²) in [5.74, 6) is -0.254. The highest BCUT2D eigenvalue weighted by molar-refractivity contribution is 7.80. The predicted molar refractivity (Wildman–Crippen MR) is 58.4 cm³/mol. The Morgan fingerprint density at radius 1 is 1.50 bits per heavy atom. The lowest BCUT2D eigenvalue weighted by atomic mass is 10.2. The Morgan fingerprint density at radius 3 is 3.00 bits per heavy atom. The van der Waals surface area contributed by atoms with Gasteiger partial charge in [0.2, 0.25) is 0 Å². The van der Waals surface area contributed by atoms with Gasteiger partial charge in [-0.15, -0.1) is 24.0 Å². The Labute approximate surface area is 90.2 Å². The number of rotatable bonds is 1. The maximum absolute atomic E-state index is 12.9. The van der Waals surface area contributed by atoms with Crippen LogP contribution in [0.5, 0.6) is 0 Å². The molecule has 4 heteroatoms. The predicted octanol–water partition coefficient (Wildman–Crippen LogP) is 3.40. The molecule has 0 aliphatic heterocycles. The molecule has 0 atom stereocenters. The summed E-state index contributed by atoms with van der Waals surface area (Å²) < 4.78 is 13.7.